The van der Waals surface area contributed by atoms with E-state index in [1.165, 1.54) is 0 Å². The Morgan fingerprint density at radius 1 is 1.35 bits per heavy atom. The Labute approximate surface area is 130 Å². The molecule has 1 N–H and O–H groups in total. The van der Waals surface area contributed by atoms with Gasteiger partial charge in [-0.3, -0.25) is 0 Å². The molecule has 0 fully saturated rings. The van der Waals surface area contributed by atoms with Crippen molar-refractivity contribution in [3.05, 3.63) is 53.8 Å². The van der Waals surface area contributed by atoms with Crippen LogP contribution in [0.15, 0.2) is 47.4 Å². The molecule has 2 aromatic rings. The van der Waals surface area contributed by atoms with Gasteiger partial charge in [0.05, 0.1) is 18.7 Å². The molecule has 1 heterocycles. The van der Waals surface area contributed by atoms with Crippen molar-refractivity contribution in [1.82, 2.24) is 5.32 Å². The van der Waals surface area contributed by atoms with Crippen LogP contribution in [-0.4, -0.2) is 13.7 Å². The molecule has 108 valence electrons. The second kappa shape index (κ2) is 8.00. The molecule has 1 aromatic heterocycles. The number of methoxy groups -OCH3 is 1. The van der Waals surface area contributed by atoms with Crippen LogP contribution in [0.4, 0.5) is 0 Å². The first-order valence-electron chi connectivity index (χ1n) is 5.99. The highest BCUT2D eigenvalue weighted by molar-refractivity contribution is 6.32. The van der Waals surface area contributed by atoms with Crippen LogP contribution >= 0.6 is 11.6 Å². The summed E-state index contributed by atoms with van der Waals surface area (Å²) in [5, 5.41) is 3.76. The minimum atomic E-state index is 0. The Kier molecular flexibility index (Phi) is 6.65. The van der Waals surface area contributed by atoms with E-state index in [9.17, 15) is 0 Å². The van der Waals surface area contributed by atoms with Crippen LogP contribution in [0.5, 0.6) is 5.75 Å². The van der Waals surface area contributed by atoms with Crippen molar-refractivity contribution in [2.75, 3.05) is 13.7 Å². The van der Waals surface area contributed by atoms with Gasteiger partial charge in [0, 0.05) is 12.1 Å². The van der Waals surface area contributed by atoms with Gasteiger partial charge in [0.2, 0.25) is 0 Å². The molecular formula is C15H16Cl2NO2-. The van der Waals surface area contributed by atoms with Crippen molar-refractivity contribution in [2.24, 2.45) is 0 Å². The van der Waals surface area contributed by atoms with Gasteiger partial charge in [0.15, 0.2) is 0 Å². The minimum absolute atomic E-state index is 0. The molecule has 3 nitrogen and oxygen atoms in total. The van der Waals surface area contributed by atoms with Gasteiger partial charge in [-0.15, -0.1) is 6.58 Å². The molecule has 0 radical (unpaired) electrons. The van der Waals surface area contributed by atoms with E-state index in [4.69, 9.17) is 20.8 Å². The van der Waals surface area contributed by atoms with E-state index in [1.54, 1.807) is 7.11 Å². The van der Waals surface area contributed by atoms with Gasteiger partial charge in [-0.05, 0) is 30.3 Å². The molecule has 5 heteroatoms. The number of halogens is 2. The minimum Gasteiger partial charge on any atom is -1.00 e. The smallest absolute Gasteiger partial charge is 0.137 e. The van der Waals surface area contributed by atoms with Crippen LogP contribution in [0.3, 0.4) is 0 Å². The first kappa shape index (κ1) is 16.6. The Bertz CT molecular complexity index is 567. The third kappa shape index (κ3) is 4.04. The van der Waals surface area contributed by atoms with Gasteiger partial charge in [-0.2, -0.15) is 0 Å². The van der Waals surface area contributed by atoms with Crippen LogP contribution in [0.25, 0.3) is 11.3 Å². The van der Waals surface area contributed by atoms with Crippen LogP contribution in [0.2, 0.25) is 5.02 Å². The Morgan fingerprint density at radius 2 is 2.15 bits per heavy atom. The fourth-order valence-electron chi connectivity index (χ4n) is 1.75. The van der Waals surface area contributed by atoms with E-state index < -0.39 is 0 Å². The summed E-state index contributed by atoms with van der Waals surface area (Å²) in [6.07, 6.45) is 1.81. The number of benzene rings is 1. The van der Waals surface area contributed by atoms with Crippen molar-refractivity contribution in [2.45, 2.75) is 6.54 Å². The third-order valence-electron chi connectivity index (χ3n) is 2.69. The number of ether oxygens (including phenoxy) is 1. The lowest BCUT2D eigenvalue weighted by Crippen LogP contribution is -3.00. The van der Waals surface area contributed by atoms with Crippen molar-refractivity contribution in [3.63, 3.8) is 0 Å². The summed E-state index contributed by atoms with van der Waals surface area (Å²) in [7, 11) is 1.59. The molecule has 0 saturated heterocycles. The van der Waals surface area contributed by atoms with E-state index >= 15 is 0 Å². The van der Waals surface area contributed by atoms with Gasteiger partial charge in [-0.1, -0.05) is 17.7 Å². The van der Waals surface area contributed by atoms with Crippen molar-refractivity contribution in [3.8, 4) is 17.1 Å². The van der Waals surface area contributed by atoms with Gasteiger partial charge >= 0.3 is 0 Å². The predicted octanol–water partition coefficient (Wildman–Crippen LogP) is 0.888. The van der Waals surface area contributed by atoms with E-state index in [0.29, 0.717) is 17.3 Å². The lowest BCUT2D eigenvalue weighted by molar-refractivity contribution is -0.00000464. The monoisotopic (exact) mass is 312 g/mol. The predicted molar refractivity (Wildman–Crippen MR) is 77.6 cm³/mol. The van der Waals surface area contributed by atoms with E-state index in [-0.39, 0.29) is 12.4 Å². The molecule has 0 bridgehead atoms. The van der Waals surface area contributed by atoms with Gasteiger partial charge in [0.1, 0.15) is 17.3 Å². The van der Waals surface area contributed by atoms with Crippen molar-refractivity contribution >= 4 is 11.6 Å². The van der Waals surface area contributed by atoms with Gasteiger partial charge in [-0.25, -0.2) is 0 Å². The molecule has 0 aliphatic rings. The summed E-state index contributed by atoms with van der Waals surface area (Å²) in [5.41, 5.74) is 0.931. The maximum Gasteiger partial charge on any atom is 0.137 e. The van der Waals surface area contributed by atoms with Gasteiger partial charge in [0.25, 0.3) is 0 Å². The molecule has 0 unspecified atom stereocenters. The average Bonchev–Trinajstić information content (AvgIpc) is 2.88. The van der Waals surface area contributed by atoms with Gasteiger partial charge < -0.3 is 26.9 Å². The van der Waals surface area contributed by atoms with Crippen LogP contribution in [0, 0.1) is 0 Å². The standard InChI is InChI=1S/C15H16ClNO2.ClH/c1-3-8-17-10-12-5-7-14(19-12)11-4-6-15(18-2)13(16)9-11;/h3-7,9,17H,1,8,10H2,2H3;1H/p-1. The van der Waals surface area contributed by atoms with Crippen LogP contribution in [0.1, 0.15) is 5.76 Å². The molecule has 0 aliphatic heterocycles. The molecule has 1 aromatic carbocycles. The average molecular weight is 313 g/mol. The highest BCUT2D eigenvalue weighted by Crippen LogP contribution is 2.30. The maximum absolute atomic E-state index is 6.10. The molecule has 0 aliphatic carbocycles. The normalized spacial score (nSPS) is 9.90. The maximum atomic E-state index is 6.10. The molecule has 0 spiro atoms. The summed E-state index contributed by atoms with van der Waals surface area (Å²) < 4.78 is 10.9. The summed E-state index contributed by atoms with van der Waals surface area (Å²) in [4.78, 5) is 0. The second-order valence-electron chi connectivity index (χ2n) is 4.03. The highest BCUT2D eigenvalue weighted by atomic mass is 35.5. The summed E-state index contributed by atoms with van der Waals surface area (Å²) in [5.74, 6) is 2.33. The first-order valence-corrected chi connectivity index (χ1v) is 6.36. The Morgan fingerprint density at radius 3 is 2.80 bits per heavy atom. The quantitative estimate of drug-likeness (QED) is 0.635. The molecule has 2 rings (SSSR count). The number of furan rings is 1. The topological polar surface area (TPSA) is 34.4 Å². The lowest BCUT2D eigenvalue weighted by Gasteiger charge is -2.04. The second-order valence-corrected chi connectivity index (χ2v) is 4.44. The SMILES string of the molecule is C=CCNCc1ccc(-c2ccc(OC)c(Cl)c2)o1.[Cl-]. The Balaban J connectivity index is 0.00000200. The van der Waals surface area contributed by atoms with Crippen molar-refractivity contribution < 1.29 is 21.6 Å². The zero-order chi connectivity index (χ0) is 13.7. The lowest BCUT2D eigenvalue weighted by atomic mass is 10.2. The number of hydrogen-bond donors (Lipinski definition) is 1. The third-order valence-corrected chi connectivity index (χ3v) is 2.98. The number of nitrogens with one attached hydrogen (secondary N) is 1. The largest absolute Gasteiger partial charge is 1.00 e. The van der Waals surface area contributed by atoms with Crippen molar-refractivity contribution in [1.29, 1.82) is 0 Å². The van der Waals surface area contributed by atoms with Crippen LogP contribution in [-0.2, 0) is 6.54 Å². The zero-order valence-electron chi connectivity index (χ0n) is 11.2. The fourth-order valence-corrected chi connectivity index (χ4v) is 2.00. The fraction of sp³-hybridized carbons (Fsp3) is 0.200. The highest BCUT2D eigenvalue weighted by Gasteiger charge is 2.07. The molecule has 0 saturated carbocycles. The zero-order valence-corrected chi connectivity index (χ0v) is 12.7. The molecule has 20 heavy (non-hydrogen) atoms. The van der Waals surface area contributed by atoms with E-state index in [1.807, 2.05) is 36.4 Å². The molecular weight excluding hydrogens is 297 g/mol. The first-order chi connectivity index (χ1) is 9.24. The summed E-state index contributed by atoms with van der Waals surface area (Å²) in [6.45, 7) is 5.08. The number of hydrogen-bond acceptors (Lipinski definition) is 3. The van der Waals surface area contributed by atoms with E-state index in [0.717, 1.165) is 23.6 Å². The summed E-state index contributed by atoms with van der Waals surface area (Å²) >= 11 is 6.10. The Hall–Kier alpha value is -1.42. The summed E-state index contributed by atoms with van der Waals surface area (Å²) in [6, 6.07) is 9.47. The van der Waals surface area contributed by atoms with Crippen LogP contribution < -0.4 is 22.5 Å². The molecule has 0 atom stereocenters. The number of rotatable bonds is 6. The van der Waals surface area contributed by atoms with E-state index in [2.05, 4.69) is 11.9 Å². The molecule has 0 amide bonds.